The van der Waals surface area contributed by atoms with E-state index in [0.717, 1.165) is 5.56 Å². The number of carbonyl (C=O) groups is 1. The van der Waals surface area contributed by atoms with Gasteiger partial charge in [0.2, 0.25) is 0 Å². The molecule has 2 aliphatic rings. The van der Waals surface area contributed by atoms with Gasteiger partial charge in [-0.2, -0.15) is 0 Å². The molecule has 0 saturated heterocycles. The van der Waals surface area contributed by atoms with E-state index in [9.17, 15) is 4.79 Å². The fourth-order valence-electron chi connectivity index (χ4n) is 3.40. The van der Waals surface area contributed by atoms with Gasteiger partial charge in [-0.3, -0.25) is 4.79 Å². The van der Waals surface area contributed by atoms with E-state index >= 15 is 0 Å². The van der Waals surface area contributed by atoms with Crippen molar-refractivity contribution in [2.75, 3.05) is 0 Å². The molecule has 0 aliphatic carbocycles. The van der Waals surface area contributed by atoms with Crippen LogP contribution in [0, 0.1) is 0 Å². The lowest BCUT2D eigenvalue weighted by Crippen LogP contribution is -2.46. The van der Waals surface area contributed by atoms with Crippen LogP contribution in [0.15, 0.2) is 73.1 Å². The Morgan fingerprint density at radius 2 is 1.57 bits per heavy atom. The third-order valence-corrected chi connectivity index (χ3v) is 4.36. The first kappa shape index (κ1) is 12.2. The summed E-state index contributed by atoms with van der Waals surface area (Å²) in [6.07, 6.45) is 8.20. The van der Waals surface area contributed by atoms with Gasteiger partial charge < -0.3 is 4.90 Å². The van der Waals surface area contributed by atoms with Gasteiger partial charge in [0.15, 0.2) is 5.78 Å². The van der Waals surface area contributed by atoms with E-state index in [4.69, 9.17) is 0 Å². The number of benzene rings is 2. The van der Waals surface area contributed by atoms with E-state index < -0.39 is 5.54 Å². The molecule has 0 bridgehead atoms. The maximum Gasteiger partial charge on any atom is 0.160 e. The van der Waals surface area contributed by atoms with E-state index in [1.165, 1.54) is 11.1 Å². The minimum Gasteiger partial charge on any atom is -0.340 e. The summed E-state index contributed by atoms with van der Waals surface area (Å²) in [5.74, 6) is 0.167. The van der Waals surface area contributed by atoms with Crippen molar-refractivity contribution in [3.63, 3.8) is 0 Å². The van der Waals surface area contributed by atoms with Crippen molar-refractivity contribution in [1.29, 1.82) is 0 Å². The molecule has 4 rings (SSSR count). The van der Waals surface area contributed by atoms with Gasteiger partial charge in [0.05, 0.1) is 0 Å². The number of rotatable bonds is 1. The Kier molecular flexibility index (Phi) is 2.58. The molecule has 0 amide bonds. The van der Waals surface area contributed by atoms with E-state index in [1.54, 1.807) is 6.08 Å². The van der Waals surface area contributed by atoms with Gasteiger partial charge >= 0.3 is 0 Å². The van der Waals surface area contributed by atoms with E-state index in [0.29, 0.717) is 6.42 Å². The van der Waals surface area contributed by atoms with Crippen molar-refractivity contribution in [3.8, 4) is 0 Å². The number of fused-ring (bicyclic) bond motifs is 3. The zero-order valence-electron chi connectivity index (χ0n) is 11.6. The summed E-state index contributed by atoms with van der Waals surface area (Å²) in [4.78, 5) is 14.3. The zero-order valence-corrected chi connectivity index (χ0v) is 11.6. The second-order valence-corrected chi connectivity index (χ2v) is 5.50. The Hall–Kier alpha value is -2.61. The molecule has 2 heteroatoms. The number of allylic oxidation sites excluding steroid dienone is 1. The Labute approximate surface area is 124 Å². The average molecular weight is 273 g/mol. The van der Waals surface area contributed by atoms with Crippen LogP contribution in [0.5, 0.6) is 0 Å². The Morgan fingerprint density at radius 1 is 0.857 bits per heavy atom. The van der Waals surface area contributed by atoms with Gasteiger partial charge in [-0.1, -0.05) is 54.6 Å². The fraction of sp³-hybridized carbons (Fsp3) is 0.105. The summed E-state index contributed by atoms with van der Waals surface area (Å²) in [5, 5.41) is 0. The molecule has 2 aromatic rings. The van der Waals surface area contributed by atoms with Gasteiger partial charge in [-0.25, -0.2) is 0 Å². The maximum absolute atomic E-state index is 12.2. The van der Waals surface area contributed by atoms with Crippen LogP contribution in [-0.2, 0) is 10.3 Å². The summed E-state index contributed by atoms with van der Waals surface area (Å²) in [7, 11) is 0. The molecule has 1 unspecified atom stereocenters. The topological polar surface area (TPSA) is 20.3 Å². The van der Waals surface area contributed by atoms with Gasteiger partial charge in [-0.05, 0) is 28.8 Å². The Morgan fingerprint density at radius 3 is 2.43 bits per heavy atom. The molecule has 1 atom stereocenters. The van der Waals surface area contributed by atoms with E-state index in [-0.39, 0.29) is 5.78 Å². The lowest BCUT2D eigenvalue weighted by molar-refractivity contribution is -0.117. The smallest absolute Gasteiger partial charge is 0.160 e. The lowest BCUT2D eigenvalue weighted by Gasteiger charge is -2.47. The summed E-state index contributed by atoms with van der Waals surface area (Å²) in [6, 6.07) is 18.6. The molecule has 0 fully saturated rings. The third kappa shape index (κ3) is 1.69. The second kappa shape index (κ2) is 4.45. The quantitative estimate of drug-likeness (QED) is 0.789. The van der Waals surface area contributed by atoms with Crippen LogP contribution < -0.4 is 0 Å². The Bertz CT molecular complexity index is 760. The van der Waals surface area contributed by atoms with Crippen molar-refractivity contribution in [2.24, 2.45) is 0 Å². The highest BCUT2D eigenvalue weighted by molar-refractivity contribution is 5.92. The molecule has 2 nitrogen and oxygen atoms in total. The predicted molar refractivity (Wildman–Crippen MR) is 83.3 cm³/mol. The molecule has 102 valence electrons. The number of hydrogen-bond acceptors (Lipinski definition) is 2. The number of carbonyl (C=O) groups excluding carboxylic acids is 1. The van der Waals surface area contributed by atoms with Gasteiger partial charge in [0, 0.05) is 18.8 Å². The van der Waals surface area contributed by atoms with Crippen LogP contribution in [0.2, 0.25) is 0 Å². The van der Waals surface area contributed by atoms with E-state index in [1.807, 2.05) is 36.5 Å². The highest BCUT2D eigenvalue weighted by Crippen LogP contribution is 2.45. The first-order valence-electron chi connectivity index (χ1n) is 7.13. The minimum absolute atomic E-state index is 0.167. The summed E-state index contributed by atoms with van der Waals surface area (Å²) in [6.45, 7) is 0. The van der Waals surface area contributed by atoms with Crippen LogP contribution in [0.25, 0.3) is 6.08 Å². The average Bonchev–Trinajstić information content (AvgIpc) is 2.55. The van der Waals surface area contributed by atoms with Crippen molar-refractivity contribution < 1.29 is 4.79 Å². The minimum atomic E-state index is -0.418. The second-order valence-electron chi connectivity index (χ2n) is 5.50. The van der Waals surface area contributed by atoms with Gasteiger partial charge in [0.25, 0.3) is 0 Å². The zero-order chi connectivity index (χ0) is 14.3. The highest BCUT2D eigenvalue weighted by Gasteiger charge is 2.44. The summed E-state index contributed by atoms with van der Waals surface area (Å²) >= 11 is 0. The Balaban J connectivity index is 2.04. The first-order chi connectivity index (χ1) is 10.3. The molecule has 0 aromatic heterocycles. The molecular weight excluding hydrogens is 258 g/mol. The molecule has 0 spiro atoms. The fourth-order valence-corrected chi connectivity index (χ4v) is 3.40. The van der Waals surface area contributed by atoms with Crippen LogP contribution >= 0.6 is 0 Å². The molecule has 0 radical (unpaired) electrons. The molecule has 2 aliphatic heterocycles. The van der Waals surface area contributed by atoms with Crippen LogP contribution in [-0.4, -0.2) is 10.7 Å². The first-order valence-corrected chi connectivity index (χ1v) is 7.13. The number of nitrogens with zero attached hydrogens (tertiary/aromatic N) is 1. The summed E-state index contributed by atoms with van der Waals surface area (Å²) < 4.78 is 0. The van der Waals surface area contributed by atoms with Crippen LogP contribution in [0.4, 0.5) is 0 Å². The van der Waals surface area contributed by atoms with Crippen LogP contribution in [0.1, 0.15) is 23.1 Å². The van der Waals surface area contributed by atoms with Crippen LogP contribution in [0.3, 0.4) is 0 Å². The SMILES string of the molecule is O=C1C=CN2C=Cc3ccccc3C2(c2ccccc2)C1. The maximum atomic E-state index is 12.2. The van der Waals surface area contributed by atoms with E-state index in [2.05, 4.69) is 41.4 Å². The molecular formula is C19H15NO. The van der Waals surface area contributed by atoms with Crippen molar-refractivity contribution in [2.45, 2.75) is 12.0 Å². The highest BCUT2D eigenvalue weighted by atomic mass is 16.1. The largest absolute Gasteiger partial charge is 0.340 e. The number of ketones is 1. The number of hydrogen-bond donors (Lipinski definition) is 0. The lowest BCUT2D eigenvalue weighted by atomic mass is 9.73. The monoisotopic (exact) mass is 273 g/mol. The predicted octanol–water partition coefficient (Wildman–Crippen LogP) is 3.70. The normalized spacial score (nSPS) is 22.9. The molecule has 21 heavy (non-hydrogen) atoms. The van der Waals surface area contributed by atoms with Crippen molar-refractivity contribution in [1.82, 2.24) is 4.90 Å². The summed E-state index contributed by atoms with van der Waals surface area (Å²) in [5.41, 5.74) is 3.11. The van der Waals surface area contributed by atoms with Gasteiger partial charge in [-0.15, -0.1) is 0 Å². The third-order valence-electron chi connectivity index (χ3n) is 4.36. The molecule has 0 saturated carbocycles. The molecule has 0 N–H and O–H groups in total. The van der Waals surface area contributed by atoms with Crippen molar-refractivity contribution in [3.05, 3.63) is 89.8 Å². The van der Waals surface area contributed by atoms with Gasteiger partial charge in [0.1, 0.15) is 5.54 Å². The van der Waals surface area contributed by atoms with Crippen molar-refractivity contribution >= 4 is 11.9 Å². The molecule has 2 aromatic carbocycles. The standard InChI is InChI=1S/C19H15NO/c21-17-11-13-20-12-10-15-6-4-5-9-18(15)19(20,14-17)16-7-2-1-3-8-16/h1-13H,14H2. The molecule has 2 heterocycles.